The van der Waals surface area contributed by atoms with Gasteiger partial charge in [-0.25, -0.2) is 0 Å². The number of carbonyl (C=O) groups excluding carboxylic acids is 1. The predicted molar refractivity (Wildman–Crippen MR) is 98.5 cm³/mol. The van der Waals surface area contributed by atoms with Crippen LogP contribution in [0.5, 0.6) is 0 Å². The summed E-state index contributed by atoms with van der Waals surface area (Å²) in [6.45, 7) is 6.20. The number of hydrogen-bond donors (Lipinski definition) is 1. The molecule has 0 unspecified atom stereocenters. The first-order valence-electron chi connectivity index (χ1n) is 9.70. The third-order valence-electron chi connectivity index (χ3n) is 5.79. The lowest BCUT2D eigenvalue weighted by molar-refractivity contribution is -0.143. The van der Waals surface area contributed by atoms with Gasteiger partial charge in [-0.1, -0.05) is 44.5 Å². The van der Waals surface area contributed by atoms with E-state index in [0.717, 1.165) is 25.7 Å². The van der Waals surface area contributed by atoms with E-state index in [1.807, 2.05) is 4.90 Å². The van der Waals surface area contributed by atoms with Crippen LogP contribution in [0.15, 0.2) is 24.3 Å². The van der Waals surface area contributed by atoms with Gasteiger partial charge in [0.1, 0.15) is 0 Å². The van der Waals surface area contributed by atoms with Gasteiger partial charge in [-0.05, 0) is 36.3 Å². The molecule has 138 valence electrons. The van der Waals surface area contributed by atoms with E-state index in [2.05, 4.69) is 38.1 Å². The molecule has 1 heterocycles. The molecular weight excluding hydrogens is 314 g/mol. The fourth-order valence-corrected chi connectivity index (χ4v) is 4.17. The molecular formula is C21H31NO3. The molecule has 1 saturated carbocycles. The summed E-state index contributed by atoms with van der Waals surface area (Å²) < 4.78 is 5.62. The lowest BCUT2D eigenvalue weighted by Gasteiger charge is -2.40. The van der Waals surface area contributed by atoms with Crippen LogP contribution in [-0.4, -0.2) is 47.8 Å². The second kappa shape index (κ2) is 8.33. The van der Waals surface area contributed by atoms with E-state index < -0.39 is 0 Å². The highest BCUT2D eigenvalue weighted by atomic mass is 16.5. The number of hydrogen-bond acceptors (Lipinski definition) is 3. The zero-order chi connectivity index (χ0) is 17.8. The Labute approximate surface area is 151 Å². The van der Waals surface area contributed by atoms with Crippen molar-refractivity contribution in [2.45, 2.75) is 64.0 Å². The first-order chi connectivity index (χ1) is 12.1. The lowest BCUT2D eigenvalue weighted by Crippen LogP contribution is -2.53. The Morgan fingerprint density at radius 1 is 1.28 bits per heavy atom. The molecule has 4 heteroatoms. The van der Waals surface area contributed by atoms with E-state index in [1.54, 1.807) is 0 Å². The maximum Gasteiger partial charge on any atom is 0.223 e. The van der Waals surface area contributed by atoms with Crippen LogP contribution < -0.4 is 0 Å². The monoisotopic (exact) mass is 345 g/mol. The Morgan fingerprint density at radius 2 is 2.04 bits per heavy atom. The van der Waals surface area contributed by atoms with E-state index in [0.29, 0.717) is 32.1 Å². The summed E-state index contributed by atoms with van der Waals surface area (Å²) in [4.78, 5) is 14.8. The van der Waals surface area contributed by atoms with Gasteiger partial charge in [-0.3, -0.25) is 4.79 Å². The smallest absolute Gasteiger partial charge is 0.223 e. The quantitative estimate of drug-likeness (QED) is 0.892. The van der Waals surface area contributed by atoms with Gasteiger partial charge in [0.15, 0.2) is 0 Å². The molecule has 25 heavy (non-hydrogen) atoms. The molecule has 1 saturated heterocycles. The minimum absolute atomic E-state index is 0.0436. The first kappa shape index (κ1) is 18.4. The maximum absolute atomic E-state index is 12.8. The summed E-state index contributed by atoms with van der Waals surface area (Å²) in [5.74, 6) is 0.901. The molecule has 0 bridgehead atoms. The van der Waals surface area contributed by atoms with Crippen LogP contribution in [0.3, 0.4) is 0 Å². The van der Waals surface area contributed by atoms with Gasteiger partial charge >= 0.3 is 0 Å². The number of aryl methyl sites for hydroxylation is 1. The van der Waals surface area contributed by atoms with Gasteiger partial charge in [0.25, 0.3) is 0 Å². The number of aliphatic hydroxyl groups excluding tert-OH is 1. The van der Waals surface area contributed by atoms with Crippen LogP contribution in [0.4, 0.5) is 0 Å². The molecule has 0 aromatic heterocycles. The minimum atomic E-state index is -0.287. The van der Waals surface area contributed by atoms with Gasteiger partial charge in [-0.15, -0.1) is 0 Å². The highest BCUT2D eigenvalue weighted by Crippen LogP contribution is 2.32. The fourth-order valence-electron chi connectivity index (χ4n) is 4.17. The van der Waals surface area contributed by atoms with E-state index >= 15 is 0 Å². The van der Waals surface area contributed by atoms with E-state index in [-0.39, 0.29) is 24.0 Å². The summed E-state index contributed by atoms with van der Waals surface area (Å²) >= 11 is 0. The van der Waals surface area contributed by atoms with Crippen LogP contribution in [0.2, 0.25) is 0 Å². The van der Waals surface area contributed by atoms with Gasteiger partial charge in [0, 0.05) is 18.9 Å². The van der Waals surface area contributed by atoms with Crippen molar-refractivity contribution in [2.75, 3.05) is 19.8 Å². The standard InChI is InChI=1S/C21H31NO3/c1-15(2)17-9-6-16(7-10-17)8-11-21(24)22-12-13-25-14-19(22)18-4-3-5-20(18)23/h6-7,9-10,15,18-20,23H,3-5,8,11-14H2,1-2H3/t18-,19+,20-/m0/s1. The van der Waals surface area contributed by atoms with E-state index in [4.69, 9.17) is 4.74 Å². The Bertz CT molecular complexity index is 569. The molecule has 3 atom stereocenters. The predicted octanol–water partition coefficient (Wildman–Crippen LogP) is 3.13. The van der Waals surface area contributed by atoms with Crippen LogP contribution in [-0.2, 0) is 16.0 Å². The second-order valence-corrected chi connectivity index (χ2v) is 7.79. The lowest BCUT2D eigenvalue weighted by atomic mass is 9.93. The van der Waals surface area contributed by atoms with Crippen LogP contribution in [0.1, 0.15) is 56.6 Å². The number of amides is 1. The normalized spacial score (nSPS) is 27.0. The third kappa shape index (κ3) is 4.42. The average molecular weight is 345 g/mol. The molecule has 1 N–H and O–H groups in total. The summed E-state index contributed by atoms with van der Waals surface area (Å²) in [5, 5.41) is 10.2. The molecule has 3 rings (SSSR count). The third-order valence-corrected chi connectivity index (χ3v) is 5.79. The summed E-state index contributed by atoms with van der Waals surface area (Å²) in [6.07, 6.45) is 3.91. The number of benzene rings is 1. The molecule has 1 aromatic rings. The van der Waals surface area contributed by atoms with E-state index in [9.17, 15) is 9.90 Å². The molecule has 2 aliphatic rings. The number of morpholine rings is 1. The van der Waals surface area contributed by atoms with Crippen molar-refractivity contribution < 1.29 is 14.6 Å². The average Bonchev–Trinajstić information content (AvgIpc) is 3.06. The SMILES string of the molecule is CC(C)c1ccc(CCC(=O)N2CCOC[C@@H]2[C@@H]2CCC[C@@H]2O)cc1. The van der Waals surface area contributed by atoms with Crippen molar-refractivity contribution in [3.05, 3.63) is 35.4 Å². The highest BCUT2D eigenvalue weighted by molar-refractivity contribution is 5.77. The summed E-state index contributed by atoms with van der Waals surface area (Å²) in [5.41, 5.74) is 2.54. The molecule has 2 fully saturated rings. The van der Waals surface area contributed by atoms with Gasteiger partial charge in [0.2, 0.25) is 5.91 Å². The van der Waals surface area contributed by atoms with Crippen molar-refractivity contribution in [3.63, 3.8) is 0 Å². The first-order valence-corrected chi connectivity index (χ1v) is 9.70. The van der Waals surface area contributed by atoms with Crippen molar-refractivity contribution in [3.8, 4) is 0 Å². The number of aliphatic hydroxyl groups is 1. The zero-order valence-corrected chi connectivity index (χ0v) is 15.5. The Kier molecular flexibility index (Phi) is 6.13. The molecule has 0 radical (unpaired) electrons. The molecule has 1 aromatic carbocycles. The molecule has 0 spiro atoms. The van der Waals surface area contributed by atoms with Crippen molar-refractivity contribution in [1.29, 1.82) is 0 Å². The minimum Gasteiger partial charge on any atom is -0.393 e. The highest BCUT2D eigenvalue weighted by Gasteiger charge is 2.39. The van der Waals surface area contributed by atoms with Crippen molar-refractivity contribution in [1.82, 2.24) is 4.90 Å². The van der Waals surface area contributed by atoms with Gasteiger partial charge in [-0.2, -0.15) is 0 Å². The summed E-state index contributed by atoms with van der Waals surface area (Å²) in [6, 6.07) is 8.65. The molecule has 1 aliphatic carbocycles. The Morgan fingerprint density at radius 3 is 2.68 bits per heavy atom. The van der Waals surface area contributed by atoms with Crippen LogP contribution in [0, 0.1) is 5.92 Å². The van der Waals surface area contributed by atoms with Crippen LogP contribution in [0.25, 0.3) is 0 Å². The van der Waals surface area contributed by atoms with E-state index in [1.165, 1.54) is 11.1 Å². The largest absolute Gasteiger partial charge is 0.393 e. The van der Waals surface area contributed by atoms with Gasteiger partial charge < -0.3 is 14.7 Å². The number of carbonyl (C=O) groups is 1. The number of rotatable bonds is 5. The maximum atomic E-state index is 12.8. The fraction of sp³-hybridized carbons (Fsp3) is 0.667. The Hall–Kier alpha value is -1.39. The molecule has 1 aliphatic heterocycles. The second-order valence-electron chi connectivity index (χ2n) is 7.79. The van der Waals surface area contributed by atoms with Crippen LogP contribution >= 0.6 is 0 Å². The Balaban J connectivity index is 1.58. The van der Waals surface area contributed by atoms with Crippen molar-refractivity contribution in [2.24, 2.45) is 5.92 Å². The number of nitrogens with zero attached hydrogens (tertiary/aromatic N) is 1. The summed E-state index contributed by atoms with van der Waals surface area (Å²) in [7, 11) is 0. The van der Waals surface area contributed by atoms with Gasteiger partial charge in [0.05, 0.1) is 25.4 Å². The zero-order valence-electron chi connectivity index (χ0n) is 15.5. The number of ether oxygens (including phenoxy) is 1. The molecule has 1 amide bonds. The van der Waals surface area contributed by atoms with Crippen molar-refractivity contribution >= 4 is 5.91 Å². The topological polar surface area (TPSA) is 49.8 Å². The molecule has 4 nitrogen and oxygen atoms in total.